The van der Waals surface area contributed by atoms with Gasteiger partial charge in [0.1, 0.15) is 0 Å². The van der Waals surface area contributed by atoms with Crippen LogP contribution in [0.15, 0.2) is 54.6 Å². The summed E-state index contributed by atoms with van der Waals surface area (Å²) in [4.78, 5) is 15.1. The second-order valence-corrected chi connectivity index (χ2v) is 10.4. The van der Waals surface area contributed by atoms with Crippen LogP contribution in [0.2, 0.25) is 0 Å². The van der Waals surface area contributed by atoms with Gasteiger partial charge in [-0.25, -0.2) is 13.1 Å². The first-order valence-electron chi connectivity index (χ1n) is 10.2. The highest BCUT2D eigenvalue weighted by Crippen LogP contribution is 2.57. The van der Waals surface area contributed by atoms with Crippen molar-refractivity contribution < 1.29 is 13.2 Å². The van der Waals surface area contributed by atoms with Crippen LogP contribution in [0, 0.1) is 5.92 Å². The van der Waals surface area contributed by atoms with Gasteiger partial charge < -0.3 is 4.90 Å². The minimum Gasteiger partial charge on any atom is -0.341 e. The van der Waals surface area contributed by atoms with Crippen LogP contribution in [0.5, 0.6) is 0 Å². The van der Waals surface area contributed by atoms with E-state index in [4.69, 9.17) is 0 Å². The van der Waals surface area contributed by atoms with Crippen molar-refractivity contribution >= 4 is 15.9 Å². The zero-order valence-corrected chi connectivity index (χ0v) is 17.8. The van der Waals surface area contributed by atoms with E-state index in [-0.39, 0.29) is 23.3 Å². The Labute approximate surface area is 173 Å². The van der Waals surface area contributed by atoms with Crippen molar-refractivity contribution in [1.29, 1.82) is 0 Å². The Bertz CT molecular complexity index is 1010. The van der Waals surface area contributed by atoms with Crippen LogP contribution in [-0.2, 0) is 20.2 Å². The molecule has 4 rings (SSSR count). The van der Waals surface area contributed by atoms with Crippen LogP contribution in [-0.4, -0.2) is 44.6 Å². The van der Waals surface area contributed by atoms with Crippen LogP contribution in [0.1, 0.15) is 31.7 Å². The molecule has 29 heavy (non-hydrogen) atoms. The quantitative estimate of drug-likeness (QED) is 0.820. The Balaban J connectivity index is 1.53. The lowest BCUT2D eigenvalue weighted by Crippen LogP contribution is -2.50. The Morgan fingerprint density at radius 1 is 1.10 bits per heavy atom. The molecule has 6 heteroatoms. The molecule has 5 nitrogen and oxygen atoms in total. The first-order chi connectivity index (χ1) is 13.8. The Kier molecular flexibility index (Phi) is 5.25. The number of hydrogen-bond donors (Lipinski definition) is 1. The number of piperidine rings is 1. The molecule has 2 fully saturated rings. The van der Waals surface area contributed by atoms with Crippen LogP contribution >= 0.6 is 0 Å². The zero-order valence-electron chi connectivity index (χ0n) is 17.0. The van der Waals surface area contributed by atoms with Gasteiger partial charge in [0.05, 0.1) is 6.26 Å². The lowest BCUT2D eigenvalue weighted by molar-refractivity contribution is -0.134. The smallest absolute Gasteiger partial charge is 0.226 e. The van der Waals surface area contributed by atoms with Crippen molar-refractivity contribution in [2.45, 2.75) is 37.6 Å². The van der Waals surface area contributed by atoms with Crippen LogP contribution < -0.4 is 4.72 Å². The molecule has 1 saturated carbocycles. The van der Waals surface area contributed by atoms with Crippen molar-refractivity contribution in [2.24, 2.45) is 5.92 Å². The predicted octanol–water partition coefficient (Wildman–Crippen LogP) is 3.17. The van der Waals surface area contributed by atoms with Crippen molar-refractivity contribution in [1.82, 2.24) is 9.62 Å². The highest BCUT2D eigenvalue weighted by atomic mass is 32.2. The van der Waals surface area contributed by atoms with E-state index in [1.807, 2.05) is 35.2 Å². The van der Waals surface area contributed by atoms with Crippen molar-refractivity contribution in [2.75, 3.05) is 19.3 Å². The van der Waals surface area contributed by atoms with E-state index in [1.165, 1.54) is 17.4 Å². The van der Waals surface area contributed by atoms with E-state index >= 15 is 0 Å². The number of nitrogens with one attached hydrogen (secondary N) is 1. The summed E-state index contributed by atoms with van der Waals surface area (Å²) < 4.78 is 25.8. The van der Waals surface area contributed by atoms with Crippen molar-refractivity contribution in [3.63, 3.8) is 0 Å². The summed E-state index contributed by atoms with van der Waals surface area (Å²) in [5.41, 5.74) is 3.38. The van der Waals surface area contributed by atoms with Gasteiger partial charge in [-0.2, -0.15) is 0 Å². The summed E-state index contributed by atoms with van der Waals surface area (Å²) in [7, 11) is -3.27. The number of likely N-dealkylation sites (tertiary alicyclic amines) is 1. The molecule has 1 aliphatic heterocycles. The maximum atomic E-state index is 13.3. The molecule has 0 bridgehead atoms. The van der Waals surface area contributed by atoms with Gasteiger partial charge in [0.15, 0.2) is 0 Å². The number of benzene rings is 2. The number of sulfonamides is 1. The van der Waals surface area contributed by atoms with E-state index in [0.29, 0.717) is 13.1 Å². The van der Waals surface area contributed by atoms with E-state index in [0.717, 1.165) is 24.8 Å². The average molecular weight is 413 g/mol. The first kappa shape index (κ1) is 20.1. The lowest BCUT2D eigenvalue weighted by atomic mass is 9.87. The van der Waals surface area contributed by atoms with E-state index in [1.54, 1.807) is 0 Å². The maximum absolute atomic E-state index is 13.3. The standard InChI is InChI=1S/C23H28N2O3S/c1-23(20-13-7-6-12-19(20)17-9-4-3-5-10-17)15-21(23)22(26)25-14-8-11-18(16-25)24-29(2,27)28/h3-7,9-10,12-13,18,21,24H,8,11,14-16H2,1-2H3/t18-,21+,23+/m1/s1. The fourth-order valence-electron chi connectivity index (χ4n) is 4.67. The Morgan fingerprint density at radius 2 is 1.79 bits per heavy atom. The molecule has 154 valence electrons. The summed E-state index contributed by atoms with van der Waals surface area (Å²) in [5, 5.41) is 0. The molecule has 2 aromatic carbocycles. The normalized spacial score (nSPS) is 26.9. The third-order valence-corrected chi connectivity index (χ3v) is 7.04. The molecule has 3 atom stereocenters. The van der Waals surface area contributed by atoms with Crippen molar-refractivity contribution in [3.05, 3.63) is 60.2 Å². The molecule has 2 aliphatic rings. The van der Waals surface area contributed by atoms with Gasteiger partial charge in [-0.05, 0) is 36.0 Å². The second-order valence-electron chi connectivity index (χ2n) is 8.60. The second kappa shape index (κ2) is 7.58. The van der Waals surface area contributed by atoms with E-state index in [9.17, 15) is 13.2 Å². The Hall–Kier alpha value is -2.18. The van der Waals surface area contributed by atoms with Gasteiger partial charge in [-0.1, -0.05) is 61.5 Å². The summed E-state index contributed by atoms with van der Waals surface area (Å²) >= 11 is 0. The monoisotopic (exact) mass is 412 g/mol. The van der Waals surface area contributed by atoms with Crippen LogP contribution in [0.3, 0.4) is 0 Å². The highest BCUT2D eigenvalue weighted by Gasteiger charge is 2.57. The van der Waals surface area contributed by atoms with Gasteiger partial charge in [-0.15, -0.1) is 0 Å². The average Bonchev–Trinajstić information content (AvgIpc) is 3.40. The van der Waals surface area contributed by atoms with Crippen LogP contribution in [0.4, 0.5) is 0 Å². The Morgan fingerprint density at radius 3 is 2.52 bits per heavy atom. The SMILES string of the molecule is C[C@@]1(c2ccccc2-c2ccccc2)C[C@H]1C(=O)N1CCC[C@@H](NS(C)(=O)=O)C1. The number of amides is 1. The number of rotatable bonds is 5. The molecule has 0 spiro atoms. The minimum atomic E-state index is -3.27. The zero-order chi connectivity index (χ0) is 20.6. The molecular formula is C23H28N2O3S. The number of carbonyl (C=O) groups excluding carboxylic acids is 1. The molecule has 1 aliphatic carbocycles. The first-order valence-corrected chi connectivity index (χ1v) is 12.1. The molecule has 1 heterocycles. The molecule has 0 aromatic heterocycles. The fourth-order valence-corrected chi connectivity index (χ4v) is 5.47. The molecule has 0 radical (unpaired) electrons. The summed E-state index contributed by atoms with van der Waals surface area (Å²) in [6, 6.07) is 18.4. The van der Waals surface area contributed by atoms with E-state index in [2.05, 4.69) is 35.9 Å². The van der Waals surface area contributed by atoms with Gasteiger partial charge in [0, 0.05) is 30.5 Å². The van der Waals surface area contributed by atoms with Gasteiger partial charge in [0.2, 0.25) is 15.9 Å². The third-order valence-electron chi connectivity index (χ3n) is 6.28. The van der Waals surface area contributed by atoms with Gasteiger partial charge >= 0.3 is 0 Å². The molecule has 1 N–H and O–H groups in total. The van der Waals surface area contributed by atoms with Crippen molar-refractivity contribution in [3.8, 4) is 11.1 Å². The minimum absolute atomic E-state index is 0.0515. The van der Waals surface area contributed by atoms with Gasteiger partial charge in [-0.3, -0.25) is 4.79 Å². The van der Waals surface area contributed by atoms with Crippen LogP contribution in [0.25, 0.3) is 11.1 Å². The largest absolute Gasteiger partial charge is 0.341 e. The number of nitrogens with zero attached hydrogens (tertiary/aromatic N) is 1. The summed E-state index contributed by atoms with van der Waals surface area (Å²) in [6.45, 7) is 3.33. The molecule has 0 unspecified atom stereocenters. The third kappa shape index (κ3) is 4.23. The summed E-state index contributed by atoms with van der Waals surface area (Å²) in [6.07, 6.45) is 3.60. The molecule has 1 saturated heterocycles. The topological polar surface area (TPSA) is 66.5 Å². The fraction of sp³-hybridized carbons (Fsp3) is 0.435. The lowest BCUT2D eigenvalue weighted by Gasteiger charge is -2.33. The predicted molar refractivity (Wildman–Crippen MR) is 115 cm³/mol. The van der Waals surface area contributed by atoms with E-state index < -0.39 is 10.0 Å². The maximum Gasteiger partial charge on any atom is 0.226 e. The molecular weight excluding hydrogens is 384 g/mol. The molecule has 1 amide bonds. The number of carbonyl (C=O) groups is 1. The molecule has 2 aromatic rings. The number of hydrogen-bond acceptors (Lipinski definition) is 3. The van der Waals surface area contributed by atoms with Gasteiger partial charge in [0.25, 0.3) is 0 Å². The summed E-state index contributed by atoms with van der Waals surface area (Å²) in [5.74, 6) is 0.0970. The highest BCUT2D eigenvalue weighted by molar-refractivity contribution is 7.88.